The third kappa shape index (κ3) is 2.11. The summed E-state index contributed by atoms with van der Waals surface area (Å²) in [5.41, 5.74) is 5.65. The number of fused-ring (bicyclic) bond motifs is 1. The molecule has 0 aliphatic carbocycles. The van der Waals surface area contributed by atoms with Crippen LogP contribution in [0.15, 0.2) is 42.7 Å². The Hall–Kier alpha value is -2.42. The molecule has 0 bridgehead atoms. The molecule has 3 aromatic rings. The second kappa shape index (κ2) is 4.93. The van der Waals surface area contributed by atoms with E-state index in [9.17, 15) is 4.79 Å². The zero-order valence-electron chi connectivity index (χ0n) is 11.6. The summed E-state index contributed by atoms with van der Waals surface area (Å²) < 4.78 is 1.92. The summed E-state index contributed by atoms with van der Waals surface area (Å²) in [7, 11) is 0. The van der Waals surface area contributed by atoms with Crippen LogP contribution in [0.1, 0.15) is 28.4 Å². The Morgan fingerprint density at radius 1 is 1.20 bits per heavy atom. The fourth-order valence-corrected chi connectivity index (χ4v) is 2.41. The van der Waals surface area contributed by atoms with Gasteiger partial charge in [-0.05, 0) is 30.5 Å². The molecule has 100 valence electrons. The van der Waals surface area contributed by atoms with Crippen molar-refractivity contribution in [3.63, 3.8) is 0 Å². The Balaban J connectivity index is 2.14. The fraction of sp³-hybridized carbons (Fsp3) is 0.176. The normalized spacial score (nSPS) is 10.9. The number of carbonyl (C=O) groups excluding carboxylic acids is 1. The van der Waals surface area contributed by atoms with Crippen molar-refractivity contribution in [2.45, 2.75) is 20.3 Å². The number of imidazole rings is 1. The van der Waals surface area contributed by atoms with Gasteiger partial charge >= 0.3 is 0 Å². The number of aromatic nitrogens is 2. The number of carbonyl (C=O) groups is 1. The van der Waals surface area contributed by atoms with Gasteiger partial charge in [-0.25, -0.2) is 4.98 Å². The van der Waals surface area contributed by atoms with E-state index in [1.165, 1.54) is 5.56 Å². The van der Waals surface area contributed by atoms with Gasteiger partial charge in [0.2, 0.25) is 0 Å². The lowest BCUT2D eigenvalue weighted by Gasteiger charge is -1.98. The molecule has 1 aromatic carbocycles. The maximum absolute atomic E-state index is 11.1. The Bertz CT molecular complexity index is 770. The molecule has 0 N–H and O–H groups in total. The van der Waals surface area contributed by atoms with Crippen molar-refractivity contribution >= 4 is 11.9 Å². The lowest BCUT2D eigenvalue weighted by molar-refractivity contribution is 0.112. The van der Waals surface area contributed by atoms with Gasteiger partial charge in [-0.2, -0.15) is 0 Å². The summed E-state index contributed by atoms with van der Waals surface area (Å²) in [6.45, 7) is 4.11. The molecule has 0 saturated carbocycles. The molecule has 0 radical (unpaired) electrons. The molecule has 0 unspecified atom stereocenters. The van der Waals surface area contributed by atoms with Gasteiger partial charge in [0.25, 0.3) is 0 Å². The van der Waals surface area contributed by atoms with Gasteiger partial charge in [-0.15, -0.1) is 0 Å². The first kappa shape index (κ1) is 12.6. The first-order valence-corrected chi connectivity index (χ1v) is 6.75. The quantitative estimate of drug-likeness (QED) is 0.676. The van der Waals surface area contributed by atoms with E-state index in [2.05, 4.69) is 36.2 Å². The summed E-state index contributed by atoms with van der Waals surface area (Å²) in [5, 5.41) is 0. The molecular formula is C17H16N2O. The summed E-state index contributed by atoms with van der Waals surface area (Å²) >= 11 is 0. The minimum atomic E-state index is 0.626. The fourth-order valence-electron chi connectivity index (χ4n) is 2.41. The monoisotopic (exact) mass is 264 g/mol. The number of benzene rings is 1. The molecular weight excluding hydrogens is 248 g/mol. The van der Waals surface area contributed by atoms with E-state index in [0.717, 1.165) is 29.5 Å². The van der Waals surface area contributed by atoms with Crippen molar-refractivity contribution in [1.29, 1.82) is 0 Å². The summed E-state index contributed by atoms with van der Waals surface area (Å²) in [5.74, 6) is 0. The highest BCUT2D eigenvalue weighted by Gasteiger charge is 2.08. The van der Waals surface area contributed by atoms with Crippen molar-refractivity contribution in [3.8, 4) is 11.3 Å². The SMILES string of the molecule is CCc1ccc(-c2cn3cc(C)cc(C=O)c3n2)cc1. The maximum atomic E-state index is 11.1. The van der Waals surface area contributed by atoms with Crippen molar-refractivity contribution in [2.75, 3.05) is 0 Å². The van der Waals surface area contributed by atoms with Gasteiger partial charge in [0.15, 0.2) is 6.29 Å². The highest BCUT2D eigenvalue weighted by Crippen LogP contribution is 2.21. The molecule has 0 fully saturated rings. The van der Waals surface area contributed by atoms with Crippen LogP contribution < -0.4 is 0 Å². The highest BCUT2D eigenvalue weighted by atomic mass is 16.1. The van der Waals surface area contributed by atoms with Crippen LogP contribution in [0, 0.1) is 6.92 Å². The number of rotatable bonds is 3. The van der Waals surface area contributed by atoms with E-state index < -0.39 is 0 Å². The first-order valence-electron chi connectivity index (χ1n) is 6.75. The lowest BCUT2D eigenvalue weighted by Crippen LogP contribution is -1.91. The average molecular weight is 264 g/mol. The van der Waals surface area contributed by atoms with Crippen LogP contribution in [0.25, 0.3) is 16.9 Å². The Kier molecular flexibility index (Phi) is 3.11. The third-order valence-corrected chi connectivity index (χ3v) is 3.50. The molecule has 0 aliphatic rings. The van der Waals surface area contributed by atoms with Crippen LogP contribution in [-0.4, -0.2) is 15.7 Å². The van der Waals surface area contributed by atoms with Gasteiger partial charge in [0.1, 0.15) is 5.65 Å². The van der Waals surface area contributed by atoms with Gasteiger partial charge in [0, 0.05) is 18.0 Å². The van der Waals surface area contributed by atoms with E-state index in [0.29, 0.717) is 11.2 Å². The molecule has 0 atom stereocenters. The molecule has 2 heterocycles. The lowest BCUT2D eigenvalue weighted by atomic mass is 10.1. The Morgan fingerprint density at radius 2 is 1.95 bits per heavy atom. The van der Waals surface area contributed by atoms with E-state index in [4.69, 9.17) is 0 Å². The molecule has 0 amide bonds. The molecule has 3 rings (SSSR count). The molecule has 0 aliphatic heterocycles. The molecule has 0 spiro atoms. The second-order valence-electron chi connectivity index (χ2n) is 5.00. The van der Waals surface area contributed by atoms with E-state index in [-0.39, 0.29) is 0 Å². The summed E-state index contributed by atoms with van der Waals surface area (Å²) in [6, 6.07) is 10.2. The Morgan fingerprint density at radius 3 is 2.60 bits per heavy atom. The smallest absolute Gasteiger partial charge is 0.153 e. The van der Waals surface area contributed by atoms with E-state index >= 15 is 0 Å². The van der Waals surface area contributed by atoms with Crippen molar-refractivity contribution < 1.29 is 4.79 Å². The molecule has 0 saturated heterocycles. The van der Waals surface area contributed by atoms with Crippen LogP contribution in [0.4, 0.5) is 0 Å². The van der Waals surface area contributed by atoms with Gasteiger partial charge in [-0.1, -0.05) is 31.2 Å². The van der Waals surface area contributed by atoms with Gasteiger partial charge in [-0.3, -0.25) is 4.79 Å². The minimum Gasteiger partial charge on any atom is -0.306 e. The second-order valence-corrected chi connectivity index (χ2v) is 5.00. The van der Waals surface area contributed by atoms with Crippen molar-refractivity contribution in [1.82, 2.24) is 9.38 Å². The minimum absolute atomic E-state index is 0.626. The zero-order valence-corrected chi connectivity index (χ0v) is 11.6. The third-order valence-electron chi connectivity index (χ3n) is 3.50. The standard InChI is InChI=1S/C17H16N2O/c1-3-13-4-6-14(7-5-13)16-10-19-9-12(2)8-15(11-20)17(19)18-16/h4-11H,3H2,1-2H3. The molecule has 20 heavy (non-hydrogen) atoms. The number of nitrogens with zero attached hydrogens (tertiary/aromatic N) is 2. The zero-order chi connectivity index (χ0) is 14.1. The molecule has 3 nitrogen and oxygen atoms in total. The Labute approximate surface area is 117 Å². The largest absolute Gasteiger partial charge is 0.306 e. The number of hydrogen-bond acceptors (Lipinski definition) is 2. The summed E-state index contributed by atoms with van der Waals surface area (Å²) in [6.07, 6.45) is 5.84. The predicted molar refractivity (Wildman–Crippen MR) is 80.1 cm³/mol. The van der Waals surface area contributed by atoms with Gasteiger partial charge in [0.05, 0.1) is 11.3 Å². The number of pyridine rings is 1. The van der Waals surface area contributed by atoms with E-state index in [1.807, 2.05) is 29.8 Å². The van der Waals surface area contributed by atoms with Crippen molar-refractivity contribution in [3.05, 3.63) is 59.4 Å². The maximum Gasteiger partial charge on any atom is 0.153 e. The number of aldehydes is 1. The summed E-state index contributed by atoms with van der Waals surface area (Å²) in [4.78, 5) is 15.7. The highest BCUT2D eigenvalue weighted by molar-refractivity contribution is 5.85. The number of aryl methyl sites for hydroxylation is 2. The van der Waals surface area contributed by atoms with Crippen LogP contribution in [-0.2, 0) is 6.42 Å². The van der Waals surface area contributed by atoms with Gasteiger partial charge < -0.3 is 4.40 Å². The van der Waals surface area contributed by atoms with Crippen molar-refractivity contribution in [2.24, 2.45) is 0 Å². The first-order chi connectivity index (χ1) is 9.71. The van der Waals surface area contributed by atoms with Crippen LogP contribution in [0.2, 0.25) is 0 Å². The van der Waals surface area contributed by atoms with Crippen LogP contribution in [0.3, 0.4) is 0 Å². The molecule has 2 aromatic heterocycles. The molecule has 3 heteroatoms. The topological polar surface area (TPSA) is 34.4 Å². The van der Waals surface area contributed by atoms with Crippen LogP contribution in [0.5, 0.6) is 0 Å². The van der Waals surface area contributed by atoms with Crippen LogP contribution >= 0.6 is 0 Å². The average Bonchev–Trinajstić information content (AvgIpc) is 2.90. The van der Waals surface area contributed by atoms with E-state index in [1.54, 1.807) is 0 Å². The number of hydrogen-bond donors (Lipinski definition) is 0. The predicted octanol–water partition coefficient (Wildman–Crippen LogP) is 3.68.